The fraction of sp³-hybridized carbons (Fsp3) is 0.611. The van der Waals surface area contributed by atoms with Gasteiger partial charge in [-0.05, 0) is 37.9 Å². The Morgan fingerprint density at radius 2 is 1.81 bits per heavy atom. The molecule has 1 unspecified atom stereocenters. The van der Waals surface area contributed by atoms with E-state index >= 15 is 0 Å². The highest BCUT2D eigenvalue weighted by Crippen LogP contribution is 2.15. The van der Waals surface area contributed by atoms with Crippen molar-refractivity contribution in [2.75, 3.05) is 19.6 Å². The van der Waals surface area contributed by atoms with Crippen molar-refractivity contribution in [1.82, 2.24) is 10.2 Å². The normalized spacial score (nSPS) is 17.7. The van der Waals surface area contributed by atoms with Gasteiger partial charge in [0.25, 0.3) is 0 Å². The van der Waals surface area contributed by atoms with E-state index in [0.717, 1.165) is 26.1 Å². The van der Waals surface area contributed by atoms with Gasteiger partial charge >= 0.3 is 0 Å². The summed E-state index contributed by atoms with van der Waals surface area (Å²) in [5.41, 5.74) is 1.35. The number of carbonyl (C=O) groups excluding carboxylic acids is 1. The number of piperidine rings is 1. The average molecular weight is 288 g/mol. The minimum Gasteiger partial charge on any atom is -0.354 e. The van der Waals surface area contributed by atoms with Crippen LogP contribution >= 0.6 is 0 Å². The molecular weight excluding hydrogens is 260 g/mol. The molecule has 0 spiro atoms. The van der Waals surface area contributed by atoms with Crippen molar-refractivity contribution >= 4 is 5.91 Å². The Kier molecular flexibility index (Phi) is 6.24. The molecule has 1 fully saturated rings. The molecule has 0 aromatic heterocycles. The number of benzene rings is 1. The smallest absolute Gasteiger partial charge is 0.222 e. The summed E-state index contributed by atoms with van der Waals surface area (Å²) in [6, 6.07) is 11.0. The minimum absolute atomic E-state index is 0.0590. The van der Waals surface area contributed by atoms with Gasteiger partial charge in [0.1, 0.15) is 0 Å². The van der Waals surface area contributed by atoms with Gasteiger partial charge in [-0.15, -0.1) is 0 Å². The third kappa shape index (κ3) is 5.16. The van der Waals surface area contributed by atoms with Gasteiger partial charge in [-0.1, -0.05) is 50.6 Å². The Morgan fingerprint density at radius 3 is 2.43 bits per heavy atom. The molecule has 0 bridgehead atoms. The minimum atomic E-state index is 0.0590. The van der Waals surface area contributed by atoms with Gasteiger partial charge in [-0.2, -0.15) is 0 Å². The molecule has 1 N–H and O–H groups in total. The predicted octanol–water partition coefficient (Wildman–Crippen LogP) is 2.86. The van der Waals surface area contributed by atoms with E-state index in [0.29, 0.717) is 6.04 Å². The molecule has 0 radical (unpaired) electrons. The van der Waals surface area contributed by atoms with Gasteiger partial charge in [-0.25, -0.2) is 0 Å². The molecule has 1 amide bonds. The molecule has 21 heavy (non-hydrogen) atoms. The molecule has 1 heterocycles. The SMILES string of the molecule is CC(C)C(=O)NCC(Cc1ccccc1)N1CCCCC1. The van der Waals surface area contributed by atoms with Crippen molar-refractivity contribution in [3.8, 4) is 0 Å². The topological polar surface area (TPSA) is 32.3 Å². The van der Waals surface area contributed by atoms with E-state index in [1.165, 1.54) is 24.8 Å². The van der Waals surface area contributed by atoms with Gasteiger partial charge in [0.2, 0.25) is 5.91 Å². The third-order valence-corrected chi connectivity index (χ3v) is 4.26. The number of nitrogens with zero attached hydrogens (tertiary/aromatic N) is 1. The molecule has 0 aliphatic carbocycles. The zero-order valence-corrected chi connectivity index (χ0v) is 13.3. The first-order chi connectivity index (χ1) is 10.2. The molecule has 1 aromatic carbocycles. The maximum atomic E-state index is 11.9. The fourth-order valence-corrected chi connectivity index (χ4v) is 2.92. The second-order valence-electron chi connectivity index (χ2n) is 6.34. The molecule has 2 rings (SSSR count). The second-order valence-corrected chi connectivity index (χ2v) is 6.34. The van der Waals surface area contributed by atoms with Crippen LogP contribution in [0.2, 0.25) is 0 Å². The number of rotatable bonds is 6. The third-order valence-electron chi connectivity index (χ3n) is 4.26. The molecule has 1 aromatic rings. The molecular formula is C18H28N2O. The zero-order chi connectivity index (χ0) is 15.1. The van der Waals surface area contributed by atoms with Crippen LogP contribution in [0.4, 0.5) is 0 Å². The average Bonchev–Trinajstić information content (AvgIpc) is 2.52. The lowest BCUT2D eigenvalue weighted by atomic mass is 10.0. The molecule has 1 aliphatic heterocycles. The lowest BCUT2D eigenvalue weighted by Gasteiger charge is -2.35. The molecule has 1 saturated heterocycles. The van der Waals surface area contributed by atoms with E-state index in [1.54, 1.807) is 0 Å². The Labute approximate surface area is 128 Å². The number of hydrogen-bond donors (Lipinski definition) is 1. The van der Waals surface area contributed by atoms with Crippen molar-refractivity contribution in [3.63, 3.8) is 0 Å². The number of carbonyl (C=O) groups is 1. The first kappa shape index (κ1) is 16.0. The number of hydrogen-bond acceptors (Lipinski definition) is 2. The summed E-state index contributed by atoms with van der Waals surface area (Å²) in [7, 11) is 0. The van der Waals surface area contributed by atoms with Crippen LogP contribution in [0, 0.1) is 5.92 Å². The van der Waals surface area contributed by atoms with Crippen LogP contribution in [0.1, 0.15) is 38.7 Å². The Bertz CT molecular complexity index is 424. The summed E-state index contributed by atoms with van der Waals surface area (Å²) in [5, 5.41) is 3.12. The standard InChI is InChI=1S/C18H28N2O/c1-15(2)18(21)19-14-17(20-11-7-4-8-12-20)13-16-9-5-3-6-10-16/h3,5-6,9-10,15,17H,4,7-8,11-14H2,1-2H3,(H,19,21). The van der Waals surface area contributed by atoms with E-state index < -0.39 is 0 Å². The molecule has 3 nitrogen and oxygen atoms in total. The van der Waals surface area contributed by atoms with Crippen LogP contribution in [0.5, 0.6) is 0 Å². The number of nitrogens with one attached hydrogen (secondary N) is 1. The fourth-order valence-electron chi connectivity index (χ4n) is 2.92. The first-order valence-electron chi connectivity index (χ1n) is 8.22. The second kappa shape index (κ2) is 8.18. The monoisotopic (exact) mass is 288 g/mol. The maximum absolute atomic E-state index is 11.9. The van der Waals surface area contributed by atoms with Crippen LogP contribution < -0.4 is 5.32 Å². The first-order valence-corrected chi connectivity index (χ1v) is 8.22. The Morgan fingerprint density at radius 1 is 1.14 bits per heavy atom. The Hall–Kier alpha value is -1.35. The summed E-state index contributed by atoms with van der Waals surface area (Å²) in [4.78, 5) is 14.4. The lowest BCUT2D eigenvalue weighted by Crippen LogP contribution is -2.47. The predicted molar refractivity (Wildman–Crippen MR) is 87.2 cm³/mol. The zero-order valence-electron chi connectivity index (χ0n) is 13.3. The maximum Gasteiger partial charge on any atom is 0.222 e. The lowest BCUT2D eigenvalue weighted by molar-refractivity contribution is -0.124. The van der Waals surface area contributed by atoms with Crippen LogP contribution in [0.15, 0.2) is 30.3 Å². The number of amides is 1. The van der Waals surface area contributed by atoms with Crippen molar-refractivity contribution in [2.45, 2.75) is 45.6 Å². The summed E-state index contributed by atoms with van der Waals surface area (Å²) >= 11 is 0. The van der Waals surface area contributed by atoms with Gasteiger partial charge in [-0.3, -0.25) is 9.69 Å². The summed E-state index contributed by atoms with van der Waals surface area (Å²) in [6.07, 6.45) is 4.92. The molecule has 3 heteroatoms. The highest BCUT2D eigenvalue weighted by molar-refractivity contribution is 5.77. The van der Waals surface area contributed by atoms with Gasteiger partial charge in [0.05, 0.1) is 0 Å². The van der Waals surface area contributed by atoms with Crippen molar-refractivity contribution in [3.05, 3.63) is 35.9 Å². The van der Waals surface area contributed by atoms with E-state index in [2.05, 4.69) is 40.5 Å². The van der Waals surface area contributed by atoms with E-state index in [-0.39, 0.29) is 11.8 Å². The van der Waals surface area contributed by atoms with Crippen molar-refractivity contribution in [1.29, 1.82) is 0 Å². The molecule has 0 saturated carbocycles. The van der Waals surface area contributed by atoms with Crippen LogP contribution in [0.25, 0.3) is 0 Å². The van der Waals surface area contributed by atoms with Gasteiger partial charge < -0.3 is 5.32 Å². The quantitative estimate of drug-likeness (QED) is 0.873. The highest BCUT2D eigenvalue weighted by atomic mass is 16.1. The van der Waals surface area contributed by atoms with E-state index in [1.807, 2.05) is 13.8 Å². The van der Waals surface area contributed by atoms with Crippen LogP contribution in [-0.2, 0) is 11.2 Å². The largest absolute Gasteiger partial charge is 0.354 e. The van der Waals surface area contributed by atoms with E-state index in [4.69, 9.17) is 0 Å². The molecule has 1 aliphatic rings. The number of likely N-dealkylation sites (tertiary alicyclic amines) is 1. The van der Waals surface area contributed by atoms with Crippen LogP contribution in [-0.4, -0.2) is 36.5 Å². The molecule has 1 atom stereocenters. The summed E-state index contributed by atoms with van der Waals surface area (Å²) in [6.45, 7) is 6.97. The van der Waals surface area contributed by atoms with E-state index in [9.17, 15) is 4.79 Å². The van der Waals surface area contributed by atoms with Gasteiger partial charge in [0, 0.05) is 18.5 Å². The van der Waals surface area contributed by atoms with Crippen molar-refractivity contribution in [2.24, 2.45) is 5.92 Å². The van der Waals surface area contributed by atoms with Crippen molar-refractivity contribution < 1.29 is 4.79 Å². The van der Waals surface area contributed by atoms with Gasteiger partial charge in [0.15, 0.2) is 0 Å². The summed E-state index contributed by atoms with van der Waals surface area (Å²) in [5.74, 6) is 0.216. The Balaban J connectivity index is 1.97. The summed E-state index contributed by atoms with van der Waals surface area (Å²) < 4.78 is 0. The van der Waals surface area contributed by atoms with Crippen LogP contribution in [0.3, 0.4) is 0 Å². The highest BCUT2D eigenvalue weighted by Gasteiger charge is 2.21. The molecule has 116 valence electrons.